The van der Waals surface area contributed by atoms with Gasteiger partial charge in [-0.15, -0.1) is 0 Å². The minimum absolute atomic E-state index is 0.101. The zero-order chi connectivity index (χ0) is 19.1. The topological polar surface area (TPSA) is 58.7 Å². The summed E-state index contributed by atoms with van der Waals surface area (Å²) < 4.78 is 7.39. The summed E-state index contributed by atoms with van der Waals surface area (Å²) in [5, 5.41) is 0. The summed E-state index contributed by atoms with van der Waals surface area (Å²) in [5.41, 5.74) is 1.31. The third kappa shape index (κ3) is 3.31. The van der Waals surface area contributed by atoms with Crippen LogP contribution >= 0.6 is 11.8 Å². The van der Waals surface area contributed by atoms with E-state index in [0.717, 1.165) is 62.1 Å². The predicted molar refractivity (Wildman–Crippen MR) is 109 cm³/mol. The van der Waals surface area contributed by atoms with Crippen LogP contribution in [-0.2, 0) is 13.1 Å². The summed E-state index contributed by atoms with van der Waals surface area (Å²) in [6, 6.07) is 7.73. The second-order valence-corrected chi connectivity index (χ2v) is 9.29. The number of thioether (sulfide) groups is 1. The quantitative estimate of drug-likeness (QED) is 0.792. The molecule has 0 radical (unpaired) electrons. The van der Waals surface area contributed by atoms with Crippen molar-refractivity contribution < 1.29 is 9.21 Å². The first-order valence-electron chi connectivity index (χ1n) is 10.0. The summed E-state index contributed by atoms with van der Waals surface area (Å²) in [4.78, 5) is 30.3. The molecule has 2 aromatic heterocycles. The number of pyridine rings is 1. The van der Waals surface area contributed by atoms with Gasteiger partial charge in [0.2, 0.25) is 0 Å². The van der Waals surface area contributed by atoms with E-state index in [9.17, 15) is 9.59 Å². The molecule has 5 heterocycles. The molecule has 3 aliphatic heterocycles. The molecule has 28 heavy (non-hydrogen) atoms. The fourth-order valence-corrected chi connectivity index (χ4v) is 5.80. The first-order chi connectivity index (χ1) is 13.7. The Labute approximate surface area is 168 Å². The molecule has 3 aliphatic rings. The van der Waals surface area contributed by atoms with Crippen LogP contribution < -0.4 is 5.56 Å². The minimum Gasteiger partial charge on any atom is -0.468 e. The van der Waals surface area contributed by atoms with Gasteiger partial charge in [0.25, 0.3) is 11.5 Å². The van der Waals surface area contributed by atoms with Crippen LogP contribution in [0.1, 0.15) is 34.2 Å². The zero-order valence-corrected chi connectivity index (χ0v) is 16.7. The van der Waals surface area contributed by atoms with Gasteiger partial charge in [-0.25, -0.2) is 0 Å². The van der Waals surface area contributed by atoms with E-state index in [-0.39, 0.29) is 11.5 Å². The van der Waals surface area contributed by atoms with E-state index >= 15 is 0 Å². The number of nitrogens with zero attached hydrogens (tertiary/aromatic N) is 3. The van der Waals surface area contributed by atoms with Gasteiger partial charge < -0.3 is 13.9 Å². The molecule has 0 saturated carbocycles. The maximum atomic E-state index is 13.1. The van der Waals surface area contributed by atoms with Crippen molar-refractivity contribution in [3.8, 4) is 0 Å². The number of carbonyl (C=O) groups excluding carboxylic acids is 1. The Morgan fingerprint density at radius 2 is 2.00 bits per heavy atom. The molecule has 148 valence electrons. The number of rotatable bonds is 3. The van der Waals surface area contributed by atoms with Crippen LogP contribution in [0.2, 0.25) is 0 Å². The van der Waals surface area contributed by atoms with Crippen molar-refractivity contribution in [1.29, 1.82) is 0 Å². The second-order valence-electron chi connectivity index (χ2n) is 8.06. The molecular formula is C21H25N3O3S. The molecular weight excluding hydrogens is 374 g/mol. The van der Waals surface area contributed by atoms with Crippen molar-refractivity contribution >= 4 is 17.7 Å². The lowest BCUT2D eigenvalue weighted by molar-refractivity contribution is 0.0766. The van der Waals surface area contributed by atoms with E-state index in [0.29, 0.717) is 23.9 Å². The molecule has 7 heteroatoms. The Balaban J connectivity index is 1.39. The molecule has 1 amide bonds. The van der Waals surface area contributed by atoms with Crippen LogP contribution in [-0.4, -0.2) is 58.0 Å². The van der Waals surface area contributed by atoms with E-state index in [1.807, 2.05) is 39.4 Å². The highest BCUT2D eigenvalue weighted by molar-refractivity contribution is 7.99. The van der Waals surface area contributed by atoms with Gasteiger partial charge in [0, 0.05) is 55.8 Å². The fraction of sp³-hybridized carbons (Fsp3) is 0.524. The highest BCUT2D eigenvalue weighted by Crippen LogP contribution is 2.35. The van der Waals surface area contributed by atoms with Crippen LogP contribution in [0.25, 0.3) is 0 Å². The Bertz CT molecular complexity index is 917. The minimum atomic E-state index is -0.102. The number of likely N-dealkylation sites (tertiary alicyclic amines) is 1. The molecule has 0 N–H and O–H groups in total. The second kappa shape index (κ2) is 7.44. The summed E-state index contributed by atoms with van der Waals surface area (Å²) in [6.45, 7) is 4.87. The Morgan fingerprint density at radius 3 is 2.79 bits per heavy atom. The molecule has 2 aromatic rings. The first-order valence-corrected chi connectivity index (χ1v) is 11.2. The molecule has 0 aromatic carbocycles. The third-order valence-corrected chi connectivity index (χ3v) is 7.11. The normalized spacial score (nSPS) is 24.8. The maximum absolute atomic E-state index is 13.1. The van der Waals surface area contributed by atoms with Crippen LogP contribution in [0.4, 0.5) is 0 Å². The van der Waals surface area contributed by atoms with E-state index in [1.165, 1.54) is 0 Å². The number of aromatic nitrogens is 1. The molecule has 2 saturated heterocycles. The van der Waals surface area contributed by atoms with Crippen LogP contribution in [0.15, 0.2) is 39.7 Å². The van der Waals surface area contributed by atoms with Crippen molar-refractivity contribution in [3.63, 3.8) is 0 Å². The summed E-state index contributed by atoms with van der Waals surface area (Å²) in [7, 11) is 0. The van der Waals surface area contributed by atoms with Gasteiger partial charge in [-0.3, -0.25) is 14.5 Å². The highest BCUT2D eigenvalue weighted by Gasteiger charge is 2.36. The number of amides is 1. The monoisotopic (exact) mass is 399 g/mol. The molecule has 0 spiro atoms. The third-order valence-electron chi connectivity index (χ3n) is 6.17. The molecule has 2 atom stereocenters. The molecule has 5 rings (SSSR count). The lowest BCUT2D eigenvalue weighted by Crippen LogP contribution is -2.48. The SMILES string of the molecule is O=C(c1ccc2n(c1=O)C[C@H]1C[C@@H]2CN(Cc2ccco2)C1)N1CCSCC1. The largest absolute Gasteiger partial charge is 0.468 e. The van der Waals surface area contributed by atoms with E-state index < -0.39 is 0 Å². The van der Waals surface area contributed by atoms with Gasteiger partial charge in [0.15, 0.2) is 0 Å². The van der Waals surface area contributed by atoms with Gasteiger partial charge >= 0.3 is 0 Å². The van der Waals surface area contributed by atoms with Crippen LogP contribution in [0.5, 0.6) is 0 Å². The van der Waals surface area contributed by atoms with Gasteiger partial charge in [-0.05, 0) is 36.6 Å². The number of furan rings is 1. The number of hydrogen-bond donors (Lipinski definition) is 0. The summed E-state index contributed by atoms with van der Waals surface area (Å²) in [5.74, 6) is 3.57. The molecule has 2 bridgehead atoms. The number of hydrogen-bond acceptors (Lipinski definition) is 5. The number of fused-ring (bicyclic) bond motifs is 4. The van der Waals surface area contributed by atoms with Crippen molar-refractivity contribution in [2.75, 3.05) is 37.7 Å². The maximum Gasteiger partial charge on any atom is 0.263 e. The lowest BCUT2D eigenvalue weighted by Gasteiger charge is -2.42. The molecule has 2 fully saturated rings. The number of carbonyl (C=O) groups is 1. The molecule has 0 aliphatic carbocycles. The Hall–Kier alpha value is -1.99. The fourth-order valence-electron chi connectivity index (χ4n) is 4.90. The average Bonchev–Trinajstić information content (AvgIpc) is 3.22. The summed E-state index contributed by atoms with van der Waals surface area (Å²) >= 11 is 1.86. The lowest BCUT2D eigenvalue weighted by atomic mass is 9.83. The first kappa shape index (κ1) is 18.1. The molecule has 0 unspecified atom stereocenters. The highest BCUT2D eigenvalue weighted by atomic mass is 32.2. The Morgan fingerprint density at radius 1 is 1.14 bits per heavy atom. The standard InChI is InChI=1S/C21H25N3O3S/c25-20(23-5-8-28-9-6-23)18-3-4-19-16-10-15(12-24(19)21(18)26)11-22(13-16)14-17-2-1-7-27-17/h1-4,7,15-16H,5-6,8-14H2/t15-,16+/m0/s1. The predicted octanol–water partition coefficient (Wildman–Crippen LogP) is 2.25. The Kier molecular flexibility index (Phi) is 4.80. The van der Waals surface area contributed by atoms with Crippen LogP contribution in [0.3, 0.4) is 0 Å². The van der Waals surface area contributed by atoms with E-state index in [1.54, 1.807) is 12.3 Å². The van der Waals surface area contributed by atoms with Gasteiger partial charge in [-0.1, -0.05) is 0 Å². The van der Waals surface area contributed by atoms with Crippen molar-refractivity contribution in [1.82, 2.24) is 14.4 Å². The van der Waals surface area contributed by atoms with Gasteiger partial charge in [0.1, 0.15) is 11.3 Å². The molecule has 6 nitrogen and oxygen atoms in total. The summed E-state index contributed by atoms with van der Waals surface area (Å²) in [6.07, 6.45) is 2.83. The van der Waals surface area contributed by atoms with Gasteiger partial charge in [-0.2, -0.15) is 11.8 Å². The smallest absolute Gasteiger partial charge is 0.263 e. The van der Waals surface area contributed by atoms with E-state index in [4.69, 9.17) is 4.42 Å². The number of piperidine rings is 1. The average molecular weight is 400 g/mol. The van der Waals surface area contributed by atoms with Crippen LogP contribution in [0, 0.1) is 5.92 Å². The van der Waals surface area contributed by atoms with Crippen molar-refractivity contribution in [2.24, 2.45) is 5.92 Å². The van der Waals surface area contributed by atoms with Gasteiger partial charge in [0.05, 0.1) is 12.8 Å². The zero-order valence-electron chi connectivity index (χ0n) is 15.9. The van der Waals surface area contributed by atoms with E-state index in [2.05, 4.69) is 4.90 Å². The van der Waals surface area contributed by atoms with Crippen molar-refractivity contribution in [2.45, 2.75) is 25.4 Å². The van der Waals surface area contributed by atoms with Crippen molar-refractivity contribution in [3.05, 3.63) is 57.9 Å².